The van der Waals surface area contributed by atoms with Crippen LogP contribution in [0.4, 0.5) is 0 Å². The van der Waals surface area contributed by atoms with Crippen molar-refractivity contribution < 1.29 is 45.2 Å². The molecule has 7 rings (SSSR count). The van der Waals surface area contributed by atoms with Crippen molar-refractivity contribution in [3.63, 3.8) is 0 Å². The zero-order chi connectivity index (χ0) is 47.8. The number of benzene rings is 7. The molecule has 7 aromatic rings. The molecule has 0 unspecified atom stereocenters. The van der Waals surface area contributed by atoms with Crippen LogP contribution in [0.15, 0.2) is 199 Å². The first-order valence-electron chi connectivity index (χ1n) is 21.7. The van der Waals surface area contributed by atoms with Crippen LogP contribution in [-0.4, -0.2) is 15.5 Å². The summed E-state index contributed by atoms with van der Waals surface area (Å²) < 4.78 is 29.8. The maximum Gasteiger partial charge on any atom is 3.00 e. The van der Waals surface area contributed by atoms with E-state index in [2.05, 4.69) is 110 Å². The van der Waals surface area contributed by atoms with Gasteiger partial charge in [0.1, 0.15) is 10.0 Å². The zero-order valence-corrected chi connectivity index (χ0v) is 46.2. The fraction of sp³-hybridized carbons (Fsp3) is 0.241. The van der Waals surface area contributed by atoms with Gasteiger partial charge in [-0.3, -0.25) is 0 Å². The van der Waals surface area contributed by atoms with Gasteiger partial charge in [-0.25, -0.2) is 8.42 Å². The van der Waals surface area contributed by atoms with Gasteiger partial charge in [-0.1, -0.05) is 249 Å². The first kappa shape index (κ1) is 63.9. The van der Waals surface area contributed by atoms with Gasteiger partial charge in [0.15, 0.2) is 0 Å². The van der Waals surface area contributed by atoms with Gasteiger partial charge in [-0.05, 0) is 55.9 Å². The average molecular weight is 1120 g/mol. The van der Waals surface area contributed by atoms with Crippen LogP contribution >= 0.6 is 9.69 Å². The topological polar surface area (TPSA) is 110 Å². The normalized spacial score (nSPS) is 12.0. The number of likely N-dealkylation sites (N-methyl/N-ethyl adjacent to an activating group) is 1. The van der Waals surface area contributed by atoms with E-state index in [1.807, 2.05) is 146 Å². The van der Waals surface area contributed by atoms with Gasteiger partial charge in [0.25, 0.3) is 0 Å². The summed E-state index contributed by atoms with van der Waals surface area (Å²) in [6, 6.07) is 60.2. The van der Waals surface area contributed by atoms with Crippen molar-refractivity contribution in [2.45, 2.75) is 89.4 Å². The van der Waals surface area contributed by atoms with Crippen molar-refractivity contribution in [3.8, 4) is 0 Å². The maximum absolute atomic E-state index is 12.8. The molecule has 0 saturated carbocycles. The Labute approximate surface area is 438 Å². The van der Waals surface area contributed by atoms with Crippen LogP contribution in [0.2, 0.25) is 0 Å². The van der Waals surface area contributed by atoms with E-state index in [9.17, 15) is 8.42 Å². The summed E-state index contributed by atoms with van der Waals surface area (Å²) in [7, 11) is 2.48. The van der Waals surface area contributed by atoms with Gasteiger partial charge in [0, 0.05) is 4.90 Å². The van der Waals surface area contributed by atoms with Crippen LogP contribution < -0.4 is 0 Å². The van der Waals surface area contributed by atoms with Gasteiger partial charge in [0.05, 0.1) is 0 Å². The average Bonchev–Trinajstić information content (AvgIpc) is 3.33. The number of hydrogen-bond donors (Lipinski definition) is 0. The first-order valence-corrected chi connectivity index (χ1v) is 25.4. The molecule has 0 aliphatic rings. The minimum Gasteiger partial charge on any atom is 3.00 e. The van der Waals surface area contributed by atoms with Gasteiger partial charge in [-0.15, -0.1) is 24.2 Å². The molecular weight excluding hydrogens is 1050 g/mol. The predicted octanol–water partition coefficient (Wildman–Crippen LogP) is 17.9. The molecule has 0 fully saturated rings. The van der Waals surface area contributed by atoms with Crippen molar-refractivity contribution >= 4 is 19.7 Å². The third-order valence-electron chi connectivity index (χ3n) is 10.6. The van der Waals surface area contributed by atoms with Crippen molar-refractivity contribution in [2.24, 2.45) is 0 Å². The molecule has 0 aliphatic heterocycles. The molecule has 0 spiro atoms. The summed E-state index contributed by atoms with van der Waals surface area (Å²) in [6.45, 7) is 15.0. The van der Waals surface area contributed by atoms with Gasteiger partial charge < -0.3 is 36.4 Å². The second-order valence-corrected chi connectivity index (χ2v) is 17.9. The molecular formula is C58H70ClN4O2Ru2S. The quantitative estimate of drug-likeness (QED) is 0.0897. The Morgan fingerprint density at radius 2 is 0.691 bits per heavy atom. The number of aryl methyl sites for hydroxylation is 3. The number of halogens is 1. The van der Waals surface area contributed by atoms with Crippen LogP contribution in [0.5, 0.6) is 0 Å². The molecule has 0 saturated heterocycles. The van der Waals surface area contributed by atoms with Gasteiger partial charge in [0.2, 0.25) is 0 Å². The number of hydrogen-bond acceptors (Lipinski definition) is 2. The molecule has 363 valence electrons. The summed E-state index contributed by atoms with van der Waals surface area (Å²) in [6.07, 6.45) is 0. The molecule has 7 aromatic carbocycles. The molecule has 68 heavy (non-hydrogen) atoms. The molecule has 0 heterocycles. The van der Waals surface area contributed by atoms with E-state index in [1.54, 1.807) is 31.3 Å². The molecule has 1 radical (unpaired) electrons. The van der Waals surface area contributed by atoms with Crippen molar-refractivity contribution in [2.75, 3.05) is 7.05 Å². The monoisotopic (exact) mass is 1130 g/mol. The van der Waals surface area contributed by atoms with E-state index in [0.29, 0.717) is 17.4 Å². The summed E-state index contributed by atoms with van der Waals surface area (Å²) in [5.74, 6) is 1.31. The minimum absolute atomic E-state index is 0. The summed E-state index contributed by atoms with van der Waals surface area (Å²) >= 11 is 1.82. The Morgan fingerprint density at radius 1 is 0.426 bits per heavy atom. The Morgan fingerprint density at radius 3 is 0.985 bits per heavy atom. The van der Waals surface area contributed by atoms with Crippen LogP contribution in [0.3, 0.4) is 0 Å². The van der Waals surface area contributed by atoms with Crippen LogP contribution in [0.25, 0.3) is 21.5 Å². The van der Waals surface area contributed by atoms with E-state index < -0.39 is 22.1 Å². The SMILES string of the molecule is C[N-][C@@H](c1ccccc1)[C@@H]([NH-])c1ccccc1.Cc1ccc(C(C)C)cc1.Cc1ccc(C(C)C)cc1.Cc1ccc(S(=O)(=O)[N-][C@@H](c2ccccc2)[C@@H]([NH-])c2ccccc2)cc1.[CH3-].[CH3-].[Cl][Ru+3].[Ru+3]. The molecule has 0 aromatic heterocycles. The fourth-order valence-electron chi connectivity index (χ4n) is 6.61. The second kappa shape index (κ2) is 34.2. The fourth-order valence-corrected chi connectivity index (χ4v) is 7.76. The number of nitrogens with zero attached hydrogens (tertiary/aromatic N) is 2. The predicted molar refractivity (Wildman–Crippen MR) is 286 cm³/mol. The molecule has 2 N–H and O–H groups in total. The minimum atomic E-state index is -3.87. The summed E-state index contributed by atoms with van der Waals surface area (Å²) in [4.78, 5) is 0.143. The molecule has 4 atom stereocenters. The Hall–Kier alpha value is -4.13. The van der Waals surface area contributed by atoms with Crippen LogP contribution in [0.1, 0.15) is 114 Å². The Balaban J connectivity index is 0.000000924. The van der Waals surface area contributed by atoms with Crippen molar-refractivity contribution in [3.05, 3.63) is 281 Å². The first-order chi connectivity index (χ1) is 31.2. The van der Waals surface area contributed by atoms with Crippen LogP contribution in [-0.2, 0) is 46.8 Å². The Kier molecular flexibility index (Phi) is 32.1. The largest absolute Gasteiger partial charge is 3.00 e. The van der Waals surface area contributed by atoms with E-state index in [4.69, 9.17) is 11.5 Å². The van der Waals surface area contributed by atoms with Gasteiger partial charge >= 0.3 is 46.5 Å². The van der Waals surface area contributed by atoms with E-state index in [1.165, 1.54) is 22.3 Å². The molecule has 0 amide bonds. The third kappa shape index (κ3) is 21.7. The van der Waals surface area contributed by atoms with E-state index >= 15 is 0 Å². The standard InChI is InChI=1S/C21H20N2O2S.C15H16N2.2C10H14.2CH3.ClH.2Ru/c1-16-12-14-19(15-13-16)26(24,25)23-21(18-10-6-3-7-11-18)20(22)17-8-4-2-5-9-17;1-17-15(13-10-6-3-7-11-13)14(16)12-8-4-2-5-9-12;2*1-8(2)10-6-4-9(3)5-7-10;;;;;/h2-15,20-22H,1H3;2-11,14-16H,1H3;2*4-8H,1-3H3;2*1H3;1H;;/q2*-2;;;2*-1;;+3;+4/p-1/t20-,21-;14-,15-;;;;;;;/m00......./s1. The maximum atomic E-state index is 12.8. The number of rotatable bonds is 12. The zero-order valence-electron chi connectivity index (χ0n) is 41.1. The third-order valence-corrected chi connectivity index (χ3v) is 11.9. The second-order valence-electron chi connectivity index (χ2n) is 16.3. The van der Waals surface area contributed by atoms with E-state index in [-0.39, 0.29) is 51.3 Å². The number of nitrogens with one attached hydrogen (secondary N) is 2. The number of sulfonamides is 1. The van der Waals surface area contributed by atoms with Crippen molar-refractivity contribution in [1.82, 2.24) is 0 Å². The summed E-state index contributed by atoms with van der Waals surface area (Å²) in [5, 5.41) is 4.35. The van der Waals surface area contributed by atoms with Crippen LogP contribution in [0, 0.1) is 35.6 Å². The summed E-state index contributed by atoms with van der Waals surface area (Å²) in [5.41, 5.74) is 27.0. The van der Waals surface area contributed by atoms with Gasteiger partial charge in [-0.2, -0.15) is 7.05 Å². The Bertz CT molecular complexity index is 2380. The molecule has 10 heteroatoms. The van der Waals surface area contributed by atoms with E-state index in [0.717, 1.165) is 22.3 Å². The molecule has 0 aliphatic carbocycles. The molecule has 0 bridgehead atoms. The molecule has 6 nitrogen and oxygen atoms in total. The van der Waals surface area contributed by atoms with Crippen molar-refractivity contribution in [1.29, 1.82) is 0 Å². The smallest absolute Gasteiger partial charge is 3.00 e.